The molecule has 2 fully saturated rings. The van der Waals surface area contributed by atoms with E-state index in [2.05, 4.69) is 26.1 Å². The van der Waals surface area contributed by atoms with Crippen LogP contribution in [0.25, 0.3) is 0 Å². The molecule has 1 aliphatic carbocycles. The van der Waals surface area contributed by atoms with E-state index < -0.39 is 0 Å². The molecule has 1 N–H and O–H groups in total. The van der Waals surface area contributed by atoms with Crippen molar-refractivity contribution in [2.24, 2.45) is 11.8 Å². The lowest BCUT2D eigenvalue weighted by atomic mass is 9.63. The van der Waals surface area contributed by atoms with Crippen molar-refractivity contribution < 1.29 is 4.74 Å². The first-order chi connectivity index (χ1) is 7.65. The van der Waals surface area contributed by atoms with Crippen LogP contribution in [0.5, 0.6) is 0 Å². The highest BCUT2D eigenvalue weighted by atomic mass is 16.5. The Bertz CT molecular complexity index is 221. The van der Waals surface area contributed by atoms with Crippen molar-refractivity contribution in [2.45, 2.75) is 64.5 Å². The van der Waals surface area contributed by atoms with Crippen LogP contribution in [0.4, 0.5) is 0 Å². The average molecular weight is 225 g/mol. The van der Waals surface area contributed by atoms with Crippen LogP contribution in [0.2, 0.25) is 0 Å². The highest BCUT2D eigenvalue weighted by Gasteiger charge is 2.48. The van der Waals surface area contributed by atoms with Gasteiger partial charge < -0.3 is 10.1 Å². The Labute approximate surface area is 100 Å². The summed E-state index contributed by atoms with van der Waals surface area (Å²) in [5.41, 5.74) is 0.262. The largest absolute Gasteiger partial charge is 0.375 e. The van der Waals surface area contributed by atoms with Crippen molar-refractivity contribution in [1.29, 1.82) is 0 Å². The summed E-state index contributed by atoms with van der Waals surface area (Å²) in [6, 6.07) is 0.710. The van der Waals surface area contributed by atoms with E-state index in [9.17, 15) is 0 Å². The molecule has 1 saturated carbocycles. The first-order valence-corrected chi connectivity index (χ1v) is 7.02. The molecule has 1 spiro atoms. The van der Waals surface area contributed by atoms with Crippen molar-refractivity contribution in [1.82, 2.24) is 5.32 Å². The summed E-state index contributed by atoms with van der Waals surface area (Å²) < 4.78 is 6.05. The molecule has 0 radical (unpaired) electrons. The van der Waals surface area contributed by atoms with Gasteiger partial charge in [0, 0.05) is 12.6 Å². The SMILES string of the molecule is CCCNC1CCOC2(C1)CC(C(C)C)C2. The molecular weight excluding hydrogens is 198 g/mol. The zero-order chi connectivity index (χ0) is 11.6. The molecule has 2 nitrogen and oxygen atoms in total. The van der Waals surface area contributed by atoms with E-state index in [1.807, 2.05) is 0 Å². The lowest BCUT2D eigenvalue weighted by molar-refractivity contribution is -0.168. The molecule has 1 atom stereocenters. The van der Waals surface area contributed by atoms with Gasteiger partial charge >= 0.3 is 0 Å². The molecule has 0 aromatic heterocycles. The molecule has 94 valence electrons. The van der Waals surface area contributed by atoms with Crippen LogP contribution < -0.4 is 5.32 Å². The van der Waals surface area contributed by atoms with Gasteiger partial charge in [0.1, 0.15) is 0 Å². The quantitative estimate of drug-likeness (QED) is 0.794. The fourth-order valence-electron chi connectivity index (χ4n) is 3.20. The van der Waals surface area contributed by atoms with E-state index in [0.717, 1.165) is 25.0 Å². The Balaban J connectivity index is 1.79. The van der Waals surface area contributed by atoms with Crippen LogP contribution in [-0.2, 0) is 4.74 Å². The monoisotopic (exact) mass is 225 g/mol. The van der Waals surface area contributed by atoms with Crippen molar-refractivity contribution in [3.8, 4) is 0 Å². The summed E-state index contributed by atoms with van der Waals surface area (Å²) in [6.45, 7) is 9.04. The lowest BCUT2D eigenvalue weighted by Gasteiger charge is -2.53. The minimum Gasteiger partial charge on any atom is -0.375 e. The summed E-state index contributed by atoms with van der Waals surface area (Å²) in [5, 5.41) is 3.66. The number of rotatable bonds is 4. The summed E-state index contributed by atoms with van der Waals surface area (Å²) >= 11 is 0. The Hall–Kier alpha value is -0.0800. The van der Waals surface area contributed by atoms with Crippen LogP contribution in [0.3, 0.4) is 0 Å². The van der Waals surface area contributed by atoms with E-state index in [1.165, 1.54) is 32.1 Å². The first-order valence-electron chi connectivity index (χ1n) is 7.02. The predicted molar refractivity (Wildman–Crippen MR) is 67.6 cm³/mol. The normalized spacial score (nSPS) is 39.0. The minimum absolute atomic E-state index is 0.262. The van der Waals surface area contributed by atoms with Crippen LogP contribution >= 0.6 is 0 Å². The third-order valence-corrected chi connectivity index (χ3v) is 4.39. The molecule has 2 rings (SSSR count). The van der Waals surface area contributed by atoms with Gasteiger partial charge in [-0.3, -0.25) is 0 Å². The molecule has 0 amide bonds. The lowest BCUT2D eigenvalue weighted by Crippen LogP contribution is -2.55. The summed E-state index contributed by atoms with van der Waals surface area (Å²) in [4.78, 5) is 0. The highest BCUT2D eigenvalue weighted by molar-refractivity contribution is 5.01. The smallest absolute Gasteiger partial charge is 0.0702 e. The molecule has 1 saturated heterocycles. The van der Waals surface area contributed by atoms with E-state index in [-0.39, 0.29) is 5.60 Å². The van der Waals surface area contributed by atoms with Gasteiger partial charge in [-0.2, -0.15) is 0 Å². The van der Waals surface area contributed by atoms with Gasteiger partial charge in [-0.05, 0) is 50.5 Å². The average Bonchev–Trinajstić information content (AvgIpc) is 2.23. The molecule has 1 heterocycles. The van der Waals surface area contributed by atoms with Gasteiger partial charge in [0.15, 0.2) is 0 Å². The van der Waals surface area contributed by atoms with Crippen molar-refractivity contribution in [3.05, 3.63) is 0 Å². The fourth-order valence-corrected chi connectivity index (χ4v) is 3.20. The number of ether oxygens (including phenoxy) is 1. The fraction of sp³-hybridized carbons (Fsp3) is 1.00. The molecule has 2 aliphatic rings. The first kappa shape index (κ1) is 12.4. The molecule has 0 aromatic rings. The summed E-state index contributed by atoms with van der Waals surface area (Å²) in [6.07, 6.45) is 6.28. The van der Waals surface area contributed by atoms with Gasteiger partial charge in [-0.15, -0.1) is 0 Å². The Morgan fingerprint density at radius 2 is 2.06 bits per heavy atom. The van der Waals surface area contributed by atoms with Gasteiger partial charge in [0.2, 0.25) is 0 Å². The molecule has 2 heteroatoms. The van der Waals surface area contributed by atoms with Gasteiger partial charge in [-0.1, -0.05) is 20.8 Å². The molecular formula is C14H27NO. The molecule has 0 aromatic carbocycles. The summed E-state index contributed by atoms with van der Waals surface area (Å²) in [5.74, 6) is 1.74. The molecule has 1 aliphatic heterocycles. The standard InChI is InChI=1S/C14H27NO/c1-4-6-15-13-5-7-16-14(10-13)8-12(9-14)11(2)3/h11-13,15H,4-10H2,1-3H3. The van der Waals surface area contributed by atoms with E-state index >= 15 is 0 Å². The van der Waals surface area contributed by atoms with Crippen LogP contribution in [0.15, 0.2) is 0 Å². The zero-order valence-electron chi connectivity index (χ0n) is 11.1. The second kappa shape index (κ2) is 5.05. The predicted octanol–water partition coefficient (Wildman–Crippen LogP) is 2.97. The van der Waals surface area contributed by atoms with Crippen molar-refractivity contribution in [2.75, 3.05) is 13.2 Å². The van der Waals surface area contributed by atoms with Gasteiger partial charge in [0.25, 0.3) is 0 Å². The molecule has 1 unspecified atom stereocenters. The zero-order valence-corrected chi connectivity index (χ0v) is 11.1. The Morgan fingerprint density at radius 1 is 1.31 bits per heavy atom. The Kier molecular flexibility index (Phi) is 3.91. The highest BCUT2D eigenvalue weighted by Crippen LogP contribution is 2.49. The van der Waals surface area contributed by atoms with Gasteiger partial charge in [0.05, 0.1) is 5.60 Å². The van der Waals surface area contributed by atoms with Crippen LogP contribution in [0.1, 0.15) is 52.9 Å². The van der Waals surface area contributed by atoms with Gasteiger partial charge in [-0.25, -0.2) is 0 Å². The second-order valence-electron chi connectivity index (χ2n) is 6.09. The maximum Gasteiger partial charge on any atom is 0.0702 e. The maximum absolute atomic E-state index is 6.05. The third-order valence-electron chi connectivity index (χ3n) is 4.39. The number of nitrogens with one attached hydrogen (secondary N) is 1. The molecule has 16 heavy (non-hydrogen) atoms. The summed E-state index contributed by atoms with van der Waals surface area (Å²) in [7, 11) is 0. The third kappa shape index (κ3) is 2.60. The van der Waals surface area contributed by atoms with E-state index in [0.29, 0.717) is 6.04 Å². The number of hydrogen-bond donors (Lipinski definition) is 1. The van der Waals surface area contributed by atoms with Crippen LogP contribution in [0, 0.1) is 11.8 Å². The van der Waals surface area contributed by atoms with Crippen LogP contribution in [-0.4, -0.2) is 24.8 Å². The topological polar surface area (TPSA) is 21.3 Å². The van der Waals surface area contributed by atoms with E-state index in [1.54, 1.807) is 0 Å². The van der Waals surface area contributed by atoms with E-state index in [4.69, 9.17) is 4.74 Å². The Morgan fingerprint density at radius 3 is 2.69 bits per heavy atom. The number of hydrogen-bond acceptors (Lipinski definition) is 2. The van der Waals surface area contributed by atoms with Crippen molar-refractivity contribution >= 4 is 0 Å². The second-order valence-corrected chi connectivity index (χ2v) is 6.09. The minimum atomic E-state index is 0.262. The van der Waals surface area contributed by atoms with Crippen molar-refractivity contribution in [3.63, 3.8) is 0 Å². The maximum atomic E-state index is 6.05. The molecule has 0 bridgehead atoms.